The summed E-state index contributed by atoms with van der Waals surface area (Å²) in [6.45, 7) is 2.93. The minimum Gasteiger partial charge on any atom is -0.369 e. The zero-order chi connectivity index (χ0) is 19.7. The highest BCUT2D eigenvalue weighted by Gasteiger charge is 2.37. The standard InChI is InChI=1S/C20H22ClF3N2OS/c21-14-9-18(28-12-14)15-5-6-16(25-19(15)20(22,23)24)17-11-26(7-8-27-17)10-13-3-1-2-4-13/h5-6,9,12-13,17H,1-4,7-8,10-11H2/t17-/m0/s1. The Bertz CT molecular complexity index is 820. The van der Waals surface area contributed by atoms with Crippen LogP contribution in [-0.2, 0) is 10.9 Å². The number of alkyl halides is 3. The highest BCUT2D eigenvalue weighted by atomic mass is 35.5. The Labute approximate surface area is 171 Å². The quantitative estimate of drug-likeness (QED) is 0.590. The van der Waals surface area contributed by atoms with Gasteiger partial charge >= 0.3 is 6.18 Å². The van der Waals surface area contributed by atoms with Gasteiger partial charge in [-0.2, -0.15) is 13.2 Å². The van der Waals surface area contributed by atoms with Gasteiger partial charge in [-0.15, -0.1) is 11.3 Å². The van der Waals surface area contributed by atoms with E-state index in [1.165, 1.54) is 43.1 Å². The molecule has 0 amide bonds. The summed E-state index contributed by atoms with van der Waals surface area (Å²) in [5.41, 5.74) is -0.471. The Balaban J connectivity index is 1.57. The number of hydrogen-bond acceptors (Lipinski definition) is 4. The normalized spacial score (nSPS) is 22.1. The summed E-state index contributed by atoms with van der Waals surface area (Å²) in [6, 6.07) is 4.69. The highest BCUT2D eigenvalue weighted by molar-refractivity contribution is 7.14. The lowest BCUT2D eigenvalue weighted by molar-refractivity contribution is -0.141. The molecule has 1 saturated carbocycles. The zero-order valence-electron chi connectivity index (χ0n) is 15.3. The number of aromatic nitrogens is 1. The van der Waals surface area contributed by atoms with Gasteiger partial charge < -0.3 is 4.74 Å². The molecule has 0 radical (unpaired) electrons. The molecule has 0 N–H and O–H groups in total. The molecule has 0 unspecified atom stereocenters. The van der Waals surface area contributed by atoms with Gasteiger partial charge in [-0.3, -0.25) is 4.90 Å². The molecule has 3 heterocycles. The largest absolute Gasteiger partial charge is 0.433 e. The number of halogens is 4. The average Bonchev–Trinajstić information content (AvgIpc) is 3.32. The number of thiophene rings is 1. The average molecular weight is 431 g/mol. The number of hydrogen-bond donors (Lipinski definition) is 0. The van der Waals surface area contributed by atoms with Crippen molar-refractivity contribution in [1.82, 2.24) is 9.88 Å². The molecule has 152 valence electrons. The fourth-order valence-electron chi connectivity index (χ4n) is 4.13. The summed E-state index contributed by atoms with van der Waals surface area (Å²) in [6.07, 6.45) is 0.0802. The van der Waals surface area contributed by atoms with Crippen LogP contribution in [0.1, 0.15) is 43.2 Å². The fraction of sp³-hybridized carbons (Fsp3) is 0.550. The minimum atomic E-state index is -4.54. The van der Waals surface area contributed by atoms with E-state index in [4.69, 9.17) is 16.3 Å². The maximum Gasteiger partial charge on any atom is 0.433 e. The second-order valence-electron chi connectivity index (χ2n) is 7.53. The van der Waals surface area contributed by atoms with Gasteiger partial charge in [-0.25, -0.2) is 4.98 Å². The number of morpholine rings is 1. The molecular formula is C20H22ClF3N2OS. The van der Waals surface area contributed by atoms with E-state index in [0.29, 0.717) is 34.7 Å². The summed E-state index contributed by atoms with van der Waals surface area (Å²) >= 11 is 7.08. The second-order valence-corrected chi connectivity index (χ2v) is 8.88. The predicted molar refractivity (Wildman–Crippen MR) is 105 cm³/mol. The number of rotatable bonds is 4. The van der Waals surface area contributed by atoms with Crippen molar-refractivity contribution in [1.29, 1.82) is 0 Å². The SMILES string of the molecule is FC(F)(F)c1nc([C@@H]2CN(CC3CCCC3)CCO2)ccc1-c1cc(Cl)cs1. The van der Waals surface area contributed by atoms with Gasteiger partial charge in [0, 0.05) is 35.5 Å². The van der Waals surface area contributed by atoms with Crippen molar-refractivity contribution in [2.45, 2.75) is 38.0 Å². The van der Waals surface area contributed by atoms with Gasteiger partial charge in [0.05, 0.1) is 17.3 Å². The van der Waals surface area contributed by atoms with E-state index >= 15 is 0 Å². The first-order valence-corrected chi connectivity index (χ1v) is 10.8. The first kappa shape index (κ1) is 20.1. The first-order valence-electron chi connectivity index (χ1n) is 9.56. The third-order valence-electron chi connectivity index (χ3n) is 5.49. The summed E-state index contributed by atoms with van der Waals surface area (Å²) in [4.78, 5) is 6.78. The van der Waals surface area contributed by atoms with E-state index in [0.717, 1.165) is 13.1 Å². The van der Waals surface area contributed by atoms with Gasteiger partial charge in [0.2, 0.25) is 0 Å². The van der Waals surface area contributed by atoms with Crippen LogP contribution in [0.25, 0.3) is 10.4 Å². The van der Waals surface area contributed by atoms with Crippen molar-refractivity contribution in [2.75, 3.05) is 26.2 Å². The molecule has 4 rings (SSSR count). The number of nitrogens with zero attached hydrogens (tertiary/aromatic N) is 2. The monoisotopic (exact) mass is 430 g/mol. The molecule has 0 spiro atoms. The van der Waals surface area contributed by atoms with Crippen molar-refractivity contribution in [3.63, 3.8) is 0 Å². The maximum absolute atomic E-state index is 13.7. The van der Waals surface area contributed by atoms with Crippen LogP contribution in [0.5, 0.6) is 0 Å². The predicted octanol–water partition coefficient (Wildman–Crippen LogP) is 6.05. The number of ether oxygens (including phenoxy) is 1. The highest BCUT2D eigenvalue weighted by Crippen LogP contribution is 2.40. The van der Waals surface area contributed by atoms with Gasteiger partial charge in [0.15, 0.2) is 5.69 Å². The molecule has 3 nitrogen and oxygen atoms in total. The van der Waals surface area contributed by atoms with E-state index in [1.54, 1.807) is 17.5 Å². The molecule has 8 heteroatoms. The van der Waals surface area contributed by atoms with Gasteiger partial charge in [-0.05, 0) is 37.0 Å². The Kier molecular flexibility index (Phi) is 5.97. The Morgan fingerprint density at radius 2 is 2.04 bits per heavy atom. The molecule has 1 saturated heterocycles. The first-order chi connectivity index (χ1) is 13.4. The summed E-state index contributed by atoms with van der Waals surface area (Å²) in [5.74, 6) is 0.698. The van der Waals surface area contributed by atoms with Crippen LogP contribution >= 0.6 is 22.9 Å². The maximum atomic E-state index is 13.7. The van der Waals surface area contributed by atoms with Crippen LogP contribution in [0.15, 0.2) is 23.6 Å². The van der Waals surface area contributed by atoms with Crippen LogP contribution in [0.4, 0.5) is 13.2 Å². The molecule has 2 aromatic heterocycles. The smallest absolute Gasteiger partial charge is 0.369 e. The van der Waals surface area contributed by atoms with Gasteiger partial charge in [-0.1, -0.05) is 24.4 Å². The lowest BCUT2D eigenvalue weighted by atomic mass is 10.1. The van der Waals surface area contributed by atoms with E-state index < -0.39 is 18.0 Å². The van der Waals surface area contributed by atoms with Crippen LogP contribution < -0.4 is 0 Å². The summed E-state index contributed by atoms with van der Waals surface area (Å²) in [5, 5.41) is 2.05. The Morgan fingerprint density at radius 1 is 1.25 bits per heavy atom. The van der Waals surface area contributed by atoms with Crippen molar-refractivity contribution in [2.24, 2.45) is 5.92 Å². The molecular weight excluding hydrogens is 409 g/mol. The van der Waals surface area contributed by atoms with E-state index in [1.807, 2.05) is 0 Å². The van der Waals surface area contributed by atoms with E-state index in [9.17, 15) is 13.2 Å². The zero-order valence-corrected chi connectivity index (χ0v) is 16.9. The summed E-state index contributed by atoms with van der Waals surface area (Å²) in [7, 11) is 0. The molecule has 1 aliphatic heterocycles. The van der Waals surface area contributed by atoms with Crippen LogP contribution in [-0.4, -0.2) is 36.1 Å². The van der Waals surface area contributed by atoms with Crippen molar-refractivity contribution >= 4 is 22.9 Å². The molecule has 2 fully saturated rings. The third kappa shape index (κ3) is 4.53. The van der Waals surface area contributed by atoms with Crippen molar-refractivity contribution in [3.8, 4) is 10.4 Å². The van der Waals surface area contributed by atoms with Gasteiger partial charge in [0.1, 0.15) is 6.10 Å². The van der Waals surface area contributed by atoms with Crippen LogP contribution in [0, 0.1) is 5.92 Å². The molecule has 0 aromatic carbocycles. The lowest BCUT2D eigenvalue weighted by Gasteiger charge is -2.34. The molecule has 1 atom stereocenters. The third-order valence-corrected chi connectivity index (χ3v) is 6.80. The molecule has 1 aliphatic carbocycles. The van der Waals surface area contributed by atoms with Gasteiger partial charge in [0.25, 0.3) is 0 Å². The molecule has 28 heavy (non-hydrogen) atoms. The van der Waals surface area contributed by atoms with Crippen molar-refractivity contribution in [3.05, 3.63) is 40.0 Å². The van der Waals surface area contributed by atoms with Crippen LogP contribution in [0.2, 0.25) is 5.02 Å². The van der Waals surface area contributed by atoms with Crippen molar-refractivity contribution < 1.29 is 17.9 Å². The second kappa shape index (κ2) is 8.30. The molecule has 2 aliphatic rings. The van der Waals surface area contributed by atoms with E-state index in [-0.39, 0.29) is 5.56 Å². The minimum absolute atomic E-state index is 0.0618. The molecule has 0 bridgehead atoms. The molecule has 2 aromatic rings. The topological polar surface area (TPSA) is 25.4 Å². The summed E-state index contributed by atoms with van der Waals surface area (Å²) < 4.78 is 46.9. The fourth-order valence-corrected chi connectivity index (χ4v) is 5.23. The number of pyridine rings is 1. The van der Waals surface area contributed by atoms with E-state index in [2.05, 4.69) is 9.88 Å². The van der Waals surface area contributed by atoms with Crippen LogP contribution in [0.3, 0.4) is 0 Å². The Morgan fingerprint density at radius 3 is 2.71 bits per heavy atom. The lowest BCUT2D eigenvalue weighted by Crippen LogP contribution is -2.41. The Hall–Kier alpha value is -1.15.